The van der Waals surface area contributed by atoms with Gasteiger partial charge in [-0.15, -0.1) is 0 Å². The molecule has 0 amide bonds. The van der Waals surface area contributed by atoms with Crippen molar-refractivity contribution in [2.75, 3.05) is 6.54 Å². The zero-order valence-corrected chi connectivity index (χ0v) is 11.3. The van der Waals surface area contributed by atoms with Crippen molar-refractivity contribution < 1.29 is 17.9 Å². The average Bonchev–Trinajstić information content (AvgIpc) is 2.83. The van der Waals surface area contributed by atoms with Gasteiger partial charge in [0.05, 0.1) is 6.26 Å². The maximum absolute atomic E-state index is 13.0. The molecule has 0 aliphatic rings. The Morgan fingerprint density at radius 3 is 2.65 bits per heavy atom. The van der Waals surface area contributed by atoms with Gasteiger partial charge in [0.1, 0.15) is 29.8 Å². The highest BCUT2D eigenvalue weighted by molar-refractivity contribution is 5.24. The first-order valence-electron chi connectivity index (χ1n) is 6.54. The van der Waals surface area contributed by atoms with Crippen LogP contribution in [0.4, 0.5) is 8.78 Å². The number of nitrogens with one attached hydrogen (secondary N) is 1. The van der Waals surface area contributed by atoms with Crippen LogP contribution in [0.3, 0.4) is 0 Å². The monoisotopic (exact) mass is 281 g/mol. The van der Waals surface area contributed by atoms with Crippen LogP contribution in [0.1, 0.15) is 24.7 Å². The maximum Gasteiger partial charge on any atom is 0.146 e. The molecule has 1 N–H and O–H groups in total. The summed E-state index contributed by atoms with van der Waals surface area (Å²) in [5.74, 6) is -0.529. The van der Waals surface area contributed by atoms with E-state index in [9.17, 15) is 8.78 Å². The van der Waals surface area contributed by atoms with E-state index in [1.807, 2.05) is 6.07 Å². The minimum atomic E-state index is -0.663. The molecule has 1 heterocycles. The largest absolute Gasteiger partial charge is 0.485 e. The van der Waals surface area contributed by atoms with E-state index in [0.717, 1.165) is 36.7 Å². The second kappa shape index (κ2) is 7.05. The molecule has 0 aliphatic carbocycles. The van der Waals surface area contributed by atoms with Crippen LogP contribution >= 0.6 is 0 Å². The van der Waals surface area contributed by atoms with E-state index in [1.54, 1.807) is 6.26 Å². The molecule has 0 saturated heterocycles. The van der Waals surface area contributed by atoms with Crippen LogP contribution in [0.15, 0.2) is 34.9 Å². The van der Waals surface area contributed by atoms with Crippen molar-refractivity contribution in [1.82, 2.24) is 5.32 Å². The van der Waals surface area contributed by atoms with Crippen LogP contribution in [-0.2, 0) is 13.2 Å². The third-order valence-electron chi connectivity index (χ3n) is 2.79. The lowest BCUT2D eigenvalue weighted by Gasteiger charge is -2.07. The number of rotatable bonds is 7. The Kier molecular flexibility index (Phi) is 5.12. The molecule has 0 bridgehead atoms. The zero-order chi connectivity index (χ0) is 14.4. The van der Waals surface area contributed by atoms with Crippen LogP contribution in [0.2, 0.25) is 0 Å². The summed E-state index contributed by atoms with van der Waals surface area (Å²) in [6, 6.07) is 4.94. The summed E-state index contributed by atoms with van der Waals surface area (Å²) in [5, 5.41) is 3.26. The Morgan fingerprint density at radius 2 is 1.95 bits per heavy atom. The van der Waals surface area contributed by atoms with E-state index in [-0.39, 0.29) is 12.4 Å². The zero-order valence-electron chi connectivity index (χ0n) is 11.3. The van der Waals surface area contributed by atoms with Gasteiger partial charge in [0, 0.05) is 30.3 Å². The number of halogens is 2. The Hall–Kier alpha value is -1.88. The highest BCUT2D eigenvalue weighted by Gasteiger charge is 2.08. The first kappa shape index (κ1) is 14.5. The highest BCUT2D eigenvalue weighted by Crippen LogP contribution is 2.18. The standard InChI is InChI=1S/C15H17F2NO2/c1-2-4-18-9-11-3-5-19-15(11)10-20-14-7-12(16)6-13(17)8-14/h3,5-8,18H,2,4,9-10H2,1H3. The summed E-state index contributed by atoms with van der Waals surface area (Å²) in [7, 11) is 0. The molecule has 1 aromatic heterocycles. The van der Waals surface area contributed by atoms with E-state index in [1.165, 1.54) is 0 Å². The normalized spacial score (nSPS) is 10.8. The van der Waals surface area contributed by atoms with Gasteiger partial charge in [-0.25, -0.2) is 8.78 Å². The van der Waals surface area contributed by atoms with E-state index in [2.05, 4.69) is 12.2 Å². The van der Waals surface area contributed by atoms with Crippen molar-refractivity contribution in [3.8, 4) is 5.75 Å². The Morgan fingerprint density at radius 1 is 1.20 bits per heavy atom. The summed E-state index contributed by atoms with van der Waals surface area (Å²) >= 11 is 0. The number of furan rings is 1. The third-order valence-corrected chi connectivity index (χ3v) is 2.79. The minimum absolute atomic E-state index is 0.138. The number of benzene rings is 1. The van der Waals surface area contributed by atoms with Crippen LogP contribution in [-0.4, -0.2) is 6.54 Å². The summed E-state index contributed by atoms with van der Waals surface area (Å²) < 4.78 is 36.7. The lowest BCUT2D eigenvalue weighted by molar-refractivity contribution is 0.265. The van der Waals surface area contributed by atoms with Gasteiger partial charge in [-0.05, 0) is 19.0 Å². The highest BCUT2D eigenvalue weighted by atomic mass is 19.1. The molecule has 20 heavy (non-hydrogen) atoms. The molecule has 0 fully saturated rings. The van der Waals surface area contributed by atoms with Crippen molar-refractivity contribution in [2.45, 2.75) is 26.5 Å². The van der Waals surface area contributed by atoms with Gasteiger partial charge in [-0.1, -0.05) is 6.92 Å². The molecule has 0 aliphatic heterocycles. The molecule has 3 nitrogen and oxygen atoms in total. The maximum atomic E-state index is 13.0. The Balaban J connectivity index is 1.95. The summed E-state index contributed by atoms with van der Waals surface area (Å²) in [6.45, 7) is 3.82. The molecular formula is C15H17F2NO2. The second-order valence-electron chi connectivity index (χ2n) is 4.44. The van der Waals surface area contributed by atoms with Gasteiger partial charge in [0.2, 0.25) is 0 Å². The van der Waals surface area contributed by atoms with Gasteiger partial charge in [0.15, 0.2) is 0 Å². The summed E-state index contributed by atoms with van der Waals surface area (Å²) in [4.78, 5) is 0. The summed E-state index contributed by atoms with van der Waals surface area (Å²) in [5.41, 5.74) is 0.982. The van der Waals surface area contributed by atoms with Crippen LogP contribution < -0.4 is 10.1 Å². The van der Waals surface area contributed by atoms with Crippen molar-refractivity contribution in [2.24, 2.45) is 0 Å². The third kappa shape index (κ3) is 4.06. The number of ether oxygens (including phenoxy) is 1. The minimum Gasteiger partial charge on any atom is -0.485 e. The first-order chi connectivity index (χ1) is 9.69. The molecule has 5 heteroatoms. The second-order valence-corrected chi connectivity index (χ2v) is 4.44. The quantitative estimate of drug-likeness (QED) is 0.787. The molecule has 0 radical (unpaired) electrons. The Labute approximate surface area is 116 Å². The van der Waals surface area contributed by atoms with Gasteiger partial charge < -0.3 is 14.5 Å². The molecule has 0 unspecified atom stereocenters. The molecule has 1 aromatic carbocycles. The predicted molar refractivity (Wildman–Crippen MR) is 71.4 cm³/mol. The molecule has 0 spiro atoms. The fourth-order valence-electron chi connectivity index (χ4n) is 1.81. The smallest absolute Gasteiger partial charge is 0.146 e. The van der Waals surface area contributed by atoms with Gasteiger partial charge >= 0.3 is 0 Å². The fourth-order valence-corrected chi connectivity index (χ4v) is 1.81. The molecule has 2 rings (SSSR count). The average molecular weight is 281 g/mol. The lowest BCUT2D eigenvalue weighted by atomic mass is 10.2. The SMILES string of the molecule is CCCNCc1ccoc1COc1cc(F)cc(F)c1. The van der Waals surface area contributed by atoms with E-state index < -0.39 is 11.6 Å². The first-order valence-corrected chi connectivity index (χ1v) is 6.54. The topological polar surface area (TPSA) is 34.4 Å². The van der Waals surface area contributed by atoms with Crippen molar-refractivity contribution in [1.29, 1.82) is 0 Å². The van der Waals surface area contributed by atoms with Crippen molar-refractivity contribution in [3.63, 3.8) is 0 Å². The molecule has 0 saturated carbocycles. The van der Waals surface area contributed by atoms with E-state index in [4.69, 9.17) is 9.15 Å². The predicted octanol–water partition coefficient (Wildman–Crippen LogP) is 3.64. The molecule has 0 atom stereocenters. The Bertz CT molecular complexity index is 534. The number of hydrogen-bond donors (Lipinski definition) is 1. The van der Waals surface area contributed by atoms with Crippen LogP contribution in [0.5, 0.6) is 5.75 Å². The van der Waals surface area contributed by atoms with Crippen molar-refractivity contribution >= 4 is 0 Å². The molecule has 108 valence electrons. The van der Waals surface area contributed by atoms with Gasteiger partial charge in [-0.2, -0.15) is 0 Å². The summed E-state index contributed by atoms with van der Waals surface area (Å²) in [6.07, 6.45) is 2.63. The number of hydrogen-bond acceptors (Lipinski definition) is 3. The van der Waals surface area contributed by atoms with Crippen LogP contribution in [0, 0.1) is 11.6 Å². The fraction of sp³-hybridized carbons (Fsp3) is 0.333. The van der Waals surface area contributed by atoms with Crippen molar-refractivity contribution in [3.05, 3.63) is 53.5 Å². The van der Waals surface area contributed by atoms with E-state index in [0.29, 0.717) is 12.3 Å². The van der Waals surface area contributed by atoms with Gasteiger partial charge in [0.25, 0.3) is 0 Å². The van der Waals surface area contributed by atoms with Gasteiger partial charge in [-0.3, -0.25) is 0 Å². The lowest BCUT2D eigenvalue weighted by Crippen LogP contribution is -2.14. The molecular weight excluding hydrogens is 264 g/mol. The molecule has 2 aromatic rings. The van der Waals surface area contributed by atoms with E-state index >= 15 is 0 Å². The van der Waals surface area contributed by atoms with Crippen LogP contribution in [0.25, 0.3) is 0 Å².